The highest BCUT2D eigenvalue weighted by Gasteiger charge is 2.48. The van der Waals surface area contributed by atoms with Gasteiger partial charge in [-0.15, -0.1) is 0 Å². The maximum absolute atomic E-state index is 12.8. The zero-order valence-electron chi connectivity index (χ0n) is 16.0. The van der Waals surface area contributed by atoms with Crippen LogP contribution in [-0.4, -0.2) is 17.8 Å². The first-order valence-corrected chi connectivity index (χ1v) is 10.6. The Morgan fingerprint density at radius 2 is 1.62 bits per heavy atom. The van der Waals surface area contributed by atoms with E-state index in [-0.39, 0.29) is 29.6 Å². The SMILES string of the molecule is O=C(Nc1ccc(NC(=O)[C@H]2[C@@H](C(=O)[O-])[C@H]3C=C[C@H]2C3)cc1Cl)C1CCCCC1. The van der Waals surface area contributed by atoms with E-state index in [0.717, 1.165) is 25.7 Å². The molecule has 0 spiro atoms. The van der Waals surface area contributed by atoms with Crippen molar-refractivity contribution in [3.8, 4) is 0 Å². The molecule has 7 heteroatoms. The number of carboxylic acids is 1. The van der Waals surface area contributed by atoms with E-state index in [1.165, 1.54) is 6.42 Å². The average molecular weight is 416 g/mol. The van der Waals surface area contributed by atoms with E-state index < -0.39 is 17.8 Å². The van der Waals surface area contributed by atoms with Gasteiger partial charge in [0.25, 0.3) is 0 Å². The lowest BCUT2D eigenvalue weighted by atomic mass is 9.82. The molecular formula is C22H24ClN2O4-. The topological polar surface area (TPSA) is 98.3 Å². The lowest BCUT2D eigenvalue weighted by Gasteiger charge is -2.27. The van der Waals surface area contributed by atoms with Crippen LogP contribution in [0.3, 0.4) is 0 Å². The second-order valence-electron chi connectivity index (χ2n) is 8.33. The van der Waals surface area contributed by atoms with Crippen LogP contribution < -0.4 is 15.7 Å². The number of carboxylic acid groups (broad SMARTS) is 1. The molecule has 6 nitrogen and oxygen atoms in total. The number of carbonyl (C=O) groups is 3. The van der Waals surface area contributed by atoms with Crippen LogP contribution in [-0.2, 0) is 14.4 Å². The van der Waals surface area contributed by atoms with E-state index in [0.29, 0.717) is 22.8 Å². The largest absolute Gasteiger partial charge is 0.550 e. The maximum Gasteiger partial charge on any atom is 0.228 e. The third kappa shape index (κ3) is 4.04. The van der Waals surface area contributed by atoms with Gasteiger partial charge in [-0.25, -0.2) is 0 Å². The first-order chi connectivity index (χ1) is 13.9. The number of carbonyl (C=O) groups excluding carboxylic acids is 3. The smallest absolute Gasteiger partial charge is 0.228 e. The molecule has 0 unspecified atom stereocenters. The number of fused-ring (bicyclic) bond motifs is 2. The quantitative estimate of drug-likeness (QED) is 0.722. The van der Waals surface area contributed by atoms with Crippen molar-refractivity contribution in [1.82, 2.24) is 0 Å². The van der Waals surface area contributed by atoms with Gasteiger partial charge >= 0.3 is 0 Å². The van der Waals surface area contributed by atoms with Crippen molar-refractivity contribution in [3.05, 3.63) is 35.4 Å². The van der Waals surface area contributed by atoms with Crippen LogP contribution >= 0.6 is 11.6 Å². The van der Waals surface area contributed by atoms with Crippen molar-refractivity contribution in [2.75, 3.05) is 10.6 Å². The summed E-state index contributed by atoms with van der Waals surface area (Å²) in [5.41, 5.74) is 0.982. The first kappa shape index (κ1) is 20.0. The predicted molar refractivity (Wildman–Crippen MR) is 108 cm³/mol. The van der Waals surface area contributed by atoms with Gasteiger partial charge < -0.3 is 20.5 Å². The monoisotopic (exact) mass is 415 g/mol. The molecule has 29 heavy (non-hydrogen) atoms. The fourth-order valence-electron chi connectivity index (χ4n) is 5.02. The molecule has 4 rings (SSSR count). The Labute approximate surface area is 174 Å². The Bertz CT molecular complexity index is 862. The van der Waals surface area contributed by atoms with E-state index in [1.54, 1.807) is 18.2 Å². The summed E-state index contributed by atoms with van der Waals surface area (Å²) in [5, 5.41) is 17.5. The summed E-state index contributed by atoms with van der Waals surface area (Å²) in [5.74, 6) is -3.17. The Kier molecular flexibility index (Phi) is 5.63. The number of aliphatic carboxylic acids is 1. The zero-order chi connectivity index (χ0) is 20.5. The third-order valence-corrected chi connectivity index (χ3v) is 6.82. The molecule has 0 aromatic heterocycles. The maximum atomic E-state index is 12.8. The highest BCUT2D eigenvalue weighted by Crippen LogP contribution is 2.48. The van der Waals surface area contributed by atoms with Crippen LogP contribution in [0.5, 0.6) is 0 Å². The molecule has 2 fully saturated rings. The van der Waals surface area contributed by atoms with E-state index >= 15 is 0 Å². The fourth-order valence-corrected chi connectivity index (χ4v) is 5.25. The summed E-state index contributed by atoms with van der Waals surface area (Å²) in [6.45, 7) is 0. The van der Waals surface area contributed by atoms with Crippen LogP contribution in [0.4, 0.5) is 11.4 Å². The summed E-state index contributed by atoms with van der Waals surface area (Å²) in [6.07, 6.45) is 9.58. The minimum Gasteiger partial charge on any atom is -0.550 e. The molecule has 4 atom stereocenters. The Hall–Kier alpha value is -2.34. The van der Waals surface area contributed by atoms with Crippen LogP contribution in [0.15, 0.2) is 30.4 Å². The Morgan fingerprint density at radius 3 is 2.28 bits per heavy atom. The number of hydrogen-bond acceptors (Lipinski definition) is 4. The molecule has 2 amide bonds. The van der Waals surface area contributed by atoms with Crippen LogP contribution in [0.1, 0.15) is 38.5 Å². The molecule has 1 aromatic rings. The van der Waals surface area contributed by atoms with E-state index in [2.05, 4.69) is 10.6 Å². The Balaban J connectivity index is 1.41. The minimum atomic E-state index is -1.18. The van der Waals surface area contributed by atoms with Crippen molar-refractivity contribution < 1.29 is 19.5 Å². The number of nitrogens with one attached hydrogen (secondary N) is 2. The molecular weight excluding hydrogens is 392 g/mol. The molecule has 2 N–H and O–H groups in total. The summed E-state index contributed by atoms with van der Waals surface area (Å²) in [6, 6.07) is 4.90. The highest BCUT2D eigenvalue weighted by molar-refractivity contribution is 6.34. The van der Waals surface area contributed by atoms with E-state index in [4.69, 9.17) is 11.6 Å². The lowest BCUT2D eigenvalue weighted by molar-refractivity contribution is -0.313. The van der Waals surface area contributed by atoms with Crippen molar-refractivity contribution in [3.63, 3.8) is 0 Å². The number of anilines is 2. The van der Waals surface area contributed by atoms with E-state index in [1.807, 2.05) is 12.2 Å². The Morgan fingerprint density at radius 1 is 0.931 bits per heavy atom. The molecule has 0 radical (unpaired) electrons. The van der Waals surface area contributed by atoms with Crippen LogP contribution in [0.25, 0.3) is 0 Å². The van der Waals surface area contributed by atoms with Gasteiger partial charge in [0.05, 0.1) is 16.6 Å². The summed E-state index contributed by atoms with van der Waals surface area (Å²) in [7, 11) is 0. The average Bonchev–Trinajstić information content (AvgIpc) is 3.32. The molecule has 3 aliphatic rings. The molecule has 2 bridgehead atoms. The summed E-state index contributed by atoms with van der Waals surface area (Å²) >= 11 is 6.32. The third-order valence-electron chi connectivity index (χ3n) is 6.50. The van der Waals surface area contributed by atoms with Gasteiger partial charge in [0.2, 0.25) is 11.8 Å². The summed E-state index contributed by atoms with van der Waals surface area (Å²) < 4.78 is 0. The van der Waals surface area contributed by atoms with Gasteiger partial charge in [0.1, 0.15) is 0 Å². The van der Waals surface area contributed by atoms with Gasteiger partial charge in [-0.05, 0) is 49.3 Å². The molecule has 2 saturated carbocycles. The van der Waals surface area contributed by atoms with Crippen molar-refractivity contribution in [2.45, 2.75) is 38.5 Å². The van der Waals surface area contributed by atoms with Crippen molar-refractivity contribution in [2.24, 2.45) is 29.6 Å². The second-order valence-corrected chi connectivity index (χ2v) is 8.73. The summed E-state index contributed by atoms with van der Waals surface area (Å²) in [4.78, 5) is 36.7. The molecule has 3 aliphatic carbocycles. The highest BCUT2D eigenvalue weighted by atomic mass is 35.5. The van der Waals surface area contributed by atoms with Gasteiger partial charge in [-0.1, -0.05) is 43.0 Å². The molecule has 1 aromatic carbocycles. The normalized spacial score (nSPS) is 28.3. The van der Waals surface area contributed by atoms with Gasteiger partial charge in [-0.2, -0.15) is 0 Å². The number of amides is 2. The van der Waals surface area contributed by atoms with E-state index in [9.17, 15) is 19.5 Å². The molecule has 0 saturated heterocycles. The number of rotatable bonds is 5. The number of hydrogen-bond donors (Lipinski definition) is 2. The van der Waals surface area contributed by atoms with Gasteiger partial charge in [0.15, 0.2) is 0 Å². The van der Waals surface area contributed by atoms with Crippen LogP contribution in [0.2, 0.25) is 5.02 Å². The van der Waals surface area contributed by atoms with Crippen molar-refractivity contribution in [1.29, 1.82) is 0 Å². The second kappa shape index (κ2) is 8.19. The van der Waals surface area contributed by atoms with Crippen LogP contribution in [0, 0.1) is 29.6 Å². The van der Waals surface area contributed by atoms with Crippen molar-refractivity contribution >= 4 is 40.8 Å². The fraction of sp³-hybridized carbons (Fsp3) is 0.500. The number of halogens is 1. The molecule has 0 aliphatic heterocycles. The predicted octanol–water partition coefficient (Wildman–Crippen LogP) is 2.99. The standard InChI is InChI=1S/C22H25ClN2O4/c23-16-11-15(8-9-17(16)25-20(26)12-4-2-1-3-5-12)24-21(27)18-13-6-7-14(10-13)19(18)22(28)29/h6-9,11-14,18-19H,1-5,10H2,(H,24,27)(H,25,26)(H,28,29)/p-1/t13-,14-,18+,19-/m0/s1. The lowest BCUT2D eigenvalue weighted by Crippen LogP contribution is -2.42. The molecule has 0 heterocycles. The first-order valence-electron chi connectivity index (χ1n) is 10.2. The number of allylic oxidation sites excluding steroid dienone is 2. The minimum absolute atomic E-state index is 0.0195. The van der Waals surface area contributed by atoms with Gasteiger partial charge in [0, 0.05) is 23.5 Å². The number of benzene rings is 1. The van der Waals surface area contributed by atoms with Gasteiger partial charge in [-0.3, -0.25) is 9.59 Å². The molecule has 154 valence electrons. The zero-order valence-corrected chi connectivity index (χ0v) is 16.8.